The van der Waals surface area contributed by atoms with E-state index in [1.165, 1.54) is 6.33 Å². The molecule has 180 valence electrons. The number of ether oxygens (including phenoxy) is 2. The van der Waals surface area contributed by atoms with E-state index in [0.29, 0.717) is 42.0 Å². The van der Waals surface area contributed by atoms with Gasteiger partial charge in [0.05, 0.1) is 27.7 Å². The summed E-state index contributed by atoms with van der Waals surface area (Å²) in [5.41, 5.74) is 2.28. The molecule has 0 aliphatic rings. The largest absolute Gasteiger partial charge is 0.491 e. The highest BCUT2D eigenvalue weighted by Crippen LogP contribution is 2.34. The number of amides is 1. The summed E-state index contributed by atoms with van der Waals surface area (Å²) in [5.74, 6) is 1.73. The van der Waals surface area contributed by atoms with Gasteiger partial charge in [-0.2, -0.15) is 0 Å². The molecule has 8 nitrogen and oxygen atoms in total. The van der Waals surface area contributed by atoms with Crippen LogP contribution >= 0.6 is 11.6 Å². The monoisotopic (exact) mass is 491 g/mol. The highest BCUT2D eigenvalue weighted by Gasteiger charge is 2.13. The van der Waals surface area contributed by atoms with E-state index < -0.39 is 0 Å². The lowest BCUT2D eigenvalue weighted by Gasteiger charge is -2.17. The predicted octanol–water partition coefficient (Wildman–Crippen LogP) is 5.29. The lowest BCUT2D eigenvalue weighted by molar-refractivity contribution is -0.121. The molecule has 4 rings (SSSR count). The van der Waals surface area contributed by atoms with Gasteiger partial charge in [0.2, 0.25) is 5.91 Å². The Morgan fingerprint density at radius 1 is 1.03 bits per heavy atom. The van der Waals surface area contributed by atoms with E-state index in [2.05, 4.69) is 25.6 Å². The fraction of sp³-hybridized carbons (Fsp3) is 0.231. The van der Waals surface area contributed by atoms with Crippen molar-refractivity contribution in [3.63, 3.8) is 0 Å². The SMILES string of the molecule is CCC(=O)NC(C)COc1cccc2ncnc(Nc3ccc(OCc4ccccn4)c(Cl)c3)c12. The molecule has 0 saturated heterocycles. The summed E-state index contributed by atoms with van der Waals surface area (Å²) in [7, 11) is 0. The molecule has 0 aliphatic carbocycles. The first-order chi connectivity index (χ1) is 17.0. The first-order valence-corrected chi connectivity index (χ1v) is 11.7. The number of carbonyl (C=O) groups excluding carboxylic acids is 1. The van der Waals surface area contributed by atoms with E-state index in [1.807, 2.05) is 56.3 Å². The Morgan fingerprint density at radius 2 is 1.91 bits per heavy atom. The summed E-state index contributed by atoms with van der Waals surface area (Å²) in [6.45, 7) is 4.34. The number of carbonyl (C=O) groups is 1. The number of hydrogen-bond acceptors (Lipinski definition) is 7. The van der Waals surface area contributed by atoms with Gasteiger partial charge < -0.3 is 20.1 Å². The van der Waals surface area contributed by atoms with E-state index in [0.717, 1.165) is 22.3 Å². The lowest BCUT2D eigenvalue weighted by Crippen LogP contribution is -2.36. The van der Waals surface area contributed by atoms with Crippen LogP contribution in [-0.4, -0.2) is 33.5 Å². The summed E-state index contributed by atoms with van der Waals surface area (Å²) in [6.07, 6.45) is 3.64. The average molecular weight is 492 g/mol. The van der Waals surface area contributed by atoms with Crippen LogP contribution in [0.15, 0.2) is 67.1 Å². The normalized spacial score (nSPS) is 11.6. The third kappa shape index (κ3) is 6.36. The van der Waals surface area contributed by atoms with E-state index in [4.69, 9.17) is 21.1 Å². The Morgan fingerprint density at radius 3 is 2.69 bits per heavy atom. The van der Waals surface area contributed by atoms with Gasteiger partial charge >= 0.3 is 0 Å². The van der Waals surface area contributed by atoms with Crippen molar-refractivity contribution in [1.29, 1.82) is 0 Å². The number of pyridine rings is 1. The van der Waals surface area contributed by atoms with Crippen LogP contribution in [0.2, 0.25) is 5.02 Å². The van der Waals surface area contributed by atoms with E-state index >= 15 is 0 Å². The second kappa shape index (κ2) is 11.5. The van der Waals surface area contributed by atoms with Crippen LogP contribution in [0.25, 0.3) is 10.9 Å². The predicted molar refractivity (Wildman–Crippen MR) is 136 cm³/mol. The van der Waals surface area contributed by atoms with Crippen LogP contribution in [-0.2, 0) is 11.4 Å². The molecule has 1 atom stereocenters. The van der Waals surface area contributed by atoms with Crippen LogP contribution in [0.4, 0.5) is 11.5 Å². The Kier molecular flexibility index (Phi) is 7.95. The number of aromatic nitrogens is 3. The Balaban J connectivity index is 1.50. The van der Waals surface area contributed by atoms with Gasteiger partial charge in [-0.25, -0.2) is 9.97 Å². The summed E-state index contributed by atoms with van der Waals surface area (Å²) in [6, 6.07) is 16.6. The van der Waals surface area contributed by atoms with Gasteiger partial charge in [0.25, 0.3) is 0 Å². The van der Waals surface area contributed by atoms with Crippen LogP contribution in [0.5, 0.6) is 11.5 Å². The van der Waals surface area contributed by atoms with Gasteiger partial charge in [0, 0.05) is 18.3 Å². The van der Waals surface area contributed by atoms with Crippen molar-refractivity contribution >= 4 is 39.9 Å². The quantitative estimate of drug-likeness (QED) is 0.311. The van der Waals surface area contributed by atoms with Crippen LogP contribution in [0.1, 0.15) is 26.0 Å². The molecule has 0 radical (unpaired) electrons. The van der Waals surface area contributed by atoms with Crippen molar-refractivity contribution in [3.05, 3.63) is 77.8 Å². The van der Waals surface area contributed by atoms with Gasteiger partial charge in [0.15, 0.2) is 0 Å². The minimum absolute atomic E-state index is 0.0194. The Labute approximate surface area is 208 Å². The molecule has 0 bridgehead atoms. The topological polar surface area (TPSA) is 98.3 Å². The maximum absolute atomic E-state index is 11.6. The smallest absolute Gasteiger partial charge is 0.220 e. The standard InChI is InChI=1S/C26H26ClN5O3/c1-3-24(33)31-17(2)14-34-23-9-6-8-21-25(23)26(30-16-29-21)32-18-10-11-22(20(27)13-18)35-15-19-7-4-5-12-28-19/h4-13,16-17H,3,14-15H2,1-2H3,(H,31,33)(H,29,30,32). The minimum atomic E-state index is -0.142. The number of fused-ring (bicyclic) bond motifs is 1. The first kappa shape index (κ1) is 24.2. The molecular formula is C26H26ClN5O3. The van der Waals surface area contributed by atoms with Gasteiger partial charge in [-0.15, -0.1) is 0 Å². The molecule has 9 heteroatoms. The van der Waals surface area contributed by atoms with Crippen LogP contribution < -0.4 is 20.1 Å². The minimum Gasteiger partial charge on any atom is -0.491 e. The summed E-state index contributed by atoms with van der Waals surface area (Å²) in [5, 5.41) is 7.39. The first-order valence-electron chi connectivity index (χ1n) is 11.3. The van der Waals surface area contributed by atoms with Gasteiger partial charge in [-0.3, -0.25) is 9.78 Å². The molecule has 2 aromatic carbocycles. The molecule has 0 spiro atoms. The molecule has 2 aromatic heterocycles. The number of rotatable bonds is 10. The van der Waals surface area contributed by atoms with E-state index in [1.54, 1.807) is 18.3 Å². The molecule has 2 heterocycles. The summed E-state index contributed by atoms with van der Waals surface area (Å²) >= 11 is 6.47. The molecular weight excluding hydrogens is 466 g/mol. The van der Waals surface area contributed by atoms with Crippen LogP contribution in [0, 0.1) is 0 Å². The molecule has 1 unspecified atom stereocenters. The highest BCUT2D eigenvalue weighted by atomic mass is 35.5. The second-order valence-corrected chi connectivity index (χ2v) is 8.29. The average Bonchev–Trinajstić information content (AvgIpc) is 2.87. The zero-order chi connectivity index (χ0) is 24.6. The van der Waals surface area contributed by atoms with Crippen LogP contribution in [0.3, 0.4) is 0 Å². The Hall–Kier alpha value is -3.91. The summed E-state index contributed by atoms with van der Waals surface area (Å²) < 4.78 is 11.8. The summed E-state index contributed by atoms with van der Waals surface area (Å²) in [4.78, 5) is 24.7. The van der Waals surface area contributed by atoms with Gasteiger partial charge in [0.1, 0.15) is 36.9 Å². The van der Waals surface area contributed by atoms with Crippen molar-refractivity contribution in [2.24, 2.45) is 0 Å². The fourth-order valence-corrected chi connectivity index (χ4v) is 3.63. The van der Waals surface area contributed by atoms with Gasteiger partial charge in [-0.1, -0.05) is 30.7 Å². The van der Waals surface area contributed by atoms with Crippen molar-refractivity contribution < 1.29 is 14.3 Å². The zero-order valence-electron chi connectivity index (χ0n) is 19.5. The number of hydrogen-bond donors (Lipinski definition) is 2. The molecule has 0 aliphatic heterocycles. The van der Waals surface area contributed by atoms with E-state index in [-0.39, 0.29) is 11.9 Å². The molecule has 0 fully saturated rings. The molecule has 2 N–H and O–H groups in total. The van der Waals surface area contributed by atoms with Crippen molar-refractivity contribution in [1.82, 2.24) is 20.3 Å². The third-order valence-corrected chi connectivity index (χ3v) is 5.43. The lowest BCUT2D eigenvalue weighted by atomic mass is 10.2. The molecule has 35 heavy (non-hydrogen) atoms. The number of nitrogens with one attached hydrogen (secondary N) is 2. The van der Waals surface area contributed by atoms with Crippen molar-refractivity contribution in [2.45, 2.75) is 32.9 Å². The maximum atomic E-state index is 11.6. The molecule has 1 amide bonds. The number of halogens is 1. The molecule has 4 aromatic rings. The highest BCUT2D eigenvalue weighted by molar-refractivity contribution is 6.32. The fourth-order valence-electron chi connectivity index (χ4n) is 3.39. The van der Waals surface area contributed by atoms with Gasteiger partial charge in [-0.05, 0) is 49.4 Å². The van der Waals surface area contributed by atoms with E-state index in [9.17, 15) is 4.79 Å². The van der Waals surface area contributed by atoms with Crippen molar-refractivity contribution in [2.75, 3.05) is 11.9 Å². The third-order valence-electron chi connectivity index (χ3n) is 5.14. The number of anilines is 2. The molecule has 0 saturated carbocycles. The number of benzene rings is 2. The zero-order valence-corrected chi connectivity index (χ0v) is 20.2. The number of nitrogens with zero attached hydrogens (tertiary/aromatic N) is 3. The maximum Gasteiger partial charge on any atom is 0.220 e. The van der Waals surface area contributed by atoms with Crippen molar-refractivity contribution in [3.8, 4) is 11.5 Å². The second-order valence-electron chi connectivity index (χ2n) is 7.89. The Bertz CT molecular complexity index is 1300.